The van der Waals surface area contributed by atoms with Crippen molar-refractivity contribution < 1.29 is 36.7 Å². The van der Waals surface area contributed by atoms with E-state index in [1.165, 1.54) is 152 Å². The van der Waals surface area contributed by atoms with Crippen LogP contribution in [0.1, 0.15) is 190 Å². The van der Waals surface area contributed by atoms with E-state index in [2.05, 4.69) is 222 Å². The third-order valence-corrected chi connectivity index (χ3v) is 29.4. The Bertz CT molecular complexity index is 8100. The molecule has 0 radical (unpaired) electrons. The number of nitrogens with one attached hydrogen (secondary N) is 1. The van der Waals surface area contributed by atoms with Gasteiger partial charge in [0, 0.05) is 218 Å². The van der Waals surface area contributed by atoms with Crippen LogP contribution in [0.5, 0.6) is 5.75 Å². The number of aromatic nitrogens is 7. The van der Waals surface area contributed by atoms with Gasteiger partial charge in [-0.25, -0.2) is 0 Å². The van der Waals surface area contributed by atoms with Crippen molar-refractivity contribution in [3.05, 3.63) is 309 Å². The number of halogens is 5. The number of methoxy groups -OCH3 is 1. The van der Waals surface area contributed by atoms with E-state index >= 15 is 0 Å². The predicted molar refractivity (Wildman–Crippen MR) is 566 cm³/mol. The number of nitrogens with two attached hydrogens (primary N) is 1. The molecule has 19 heteroatoms. The molecule has 14 nitrogen and oxygen atoms in total. The molecule has 0 bridgehead atoms. The van der Waals surface area contributed by atoms with E-state index in [4.69, 9.17) is 10.5 Å². The first-order chi connectivity index (χ1) is 66.6. The molecule has 0 saturated heterocycles. The number of nitrogens with zero attached hydrogens (tertiary/aromatic N) is 8. The van der Waals surface area contributed by atoms with E-state index in [1.807, 2.05) is 79.1 Å². The fraction of sp³-hybridized carbons (Fsp3) is 0.271. The van der Waals surface area contributed by atoms with Crippen molar-refractivity contribution in [1.29, 1.82) is 0 Å². The summed E-state index contributed by atoms with van der Waals surface area (Å²) < 4.78 is 71.1. The summed E-state index contributed by atoms with van der Waals surface area (Å²) in [6.45, 7) is 32.6. The summed E-state index contributed by atoms with van der Waals surface area (Å²) in [4.78, 5) is 42.7. The minimum absolute atomic E-state index is 0.0344. The second-order valence-corrected chi connectivity index (χ2v) is 37.9. The molecule has 9 heterocycles. The highest BCUT2D eigenvalue weighted by Crippen LogP contribution is 2.49. The molecule has 1 amide bonds. The van der Waals surface area contributed by atoms with Crippen LogP contribution in [0.15, 0.2) is 226 Å². The van der Waals surface area contributed by atoms with Gasteiger partial charge in [0.15, 0.2) is 11.6 Å². The molecule has 11 aromatic carbocycles. The van der Waals surface area contributed by atoms with Crippen LogP contribution >= 0.6 is 15.9 Å². The molecule has 696 valence electrons. The first-order valence-corrected chi connectivity index (χ1v) is 49.0. The van der Waals surface area contributed by atoms with E-state index in [0.717, 1.165) is 169 Å². The van der Waals surface area contributed by atoms with E-state index in [0.29, 0.717) is 62.2 Å². The smallest absolute Gasteiger partial charge is 0.249 e. The number of rotatable bonds is 20. The van der Waals surface area contributed by atoms with Crippen molar-refractivity contribution in [2.45, 2.75) is 170 Å². The number of carbonyl (C=O) groups is 3. The van der Waals surface area contributed by atoms with Gasteiger partial charge in [-0.05, 0) is 298 Å². The summed E-state index contributed by atoms with van der Waals surface area (Å²) in [5.74, 6) is 0.288. The maximum atomic E-state index is 12.8. The number of primary amides is 1. The Kier molecular flexibility index (Phi) is 26.1. The van der Waals surface area contributed by atoms with Crippen molar-refractivity contribution in [2.24, 2.45) is 5.73 Å². The van der Waals surface area contributed by atoms with Gasteiger partial charge in [-0.1, -0.05) is 123 Å². The maximum Gasteiger partial charge on any atom is 0.249 e. The molecule has 3 N–H and O–H groups in total. The summed E-state index contributed by atoms with van der Waals surface area (Å²) in [5, 5.41) is 16.4. The first-order valence-electron chi connectivity index (χ1n) is 48.2. The molecular formula is C118H115BrF4N10O4. The normalized spacial score (nSPS) is 13.9. The van der Waals surface area contributed by atoms with Gasteiger partial charge in [0.2, 0.25) is 5.91 Å². The molecular weight excluding hydrogens is 1780 g/mol. The summed E-state index contributed by atoms with van der Waals surface area (Å²) in [7, 11) is 3.69. The number of hydrogen-bond acceptors (Lipinski definition) is 7. The van der Waals surface area contributed by atoms with Crippen LogP contribution in [0.2, 0.25) is 0 Å². The molecule has 24 rings (SSSR count). The average molecular weight is 1890 g/mol. The van der Waals surface area contributed by atoms with Gasteiger partial charge in [-0.3, -0.25) is 36.9 Å². The zero-order valence-electron chi connectivity index (χ0n) is 79.1. The maximum absolute atomic E-state index is 12.8. The van der Waals surface area contributed by atoms with E-state index in [9.17, 15) is 31.9 Å². The number of para-hydroxylation sites is 1. The number of fused-ring (bicyclic) bond motifs is 30. The highest BCUT2D eigenvalue weighted by atomic mass is 79.9. The summed E-state index contributed by atoms with van der Waals surface area (Å²) in [6, 6.07) is 60.7. The predicted octanol–water partition coefficient (Wildman–Crippen LogP) is 29.0. The Balaban J connectivity index is 0.000000105. The van der Waals surface area contributed by atoms with Gasteiger partial charge in [0.1, 0.15) is 5.75 Å². The quantitative estimate of drug-likeness (QED) is 0.0571. The van der Waals surface area contributed by atoms with Gasteiger partial charge in [-0.2, -0.15) is 0 Å². The minimum Gasteiger partial charge on any atom is -0.496 e. The van der Waals surface area contributed by atoms with Crippen molar-refractivity contribution in [1.82, 2.24) is 42.6 Å². The van der Waals surface area contributed by atoms with Crippen LogP contribution in [0.4, 0.5) is 17.6 Å². The van der Waals surface area contributed by atoms with Crippen LogP contribution in [0.25, 0.3) is 165 Å². The Morgan fingerprint density at radius 2 is 0.898 bits per heavy atom. The molecule has 18 aromatic rings. The highest BCUT2D eigenvalue weighted by Gasteiger charge is 2.31. The molecule has 6 aliphatic rings. The molecule has 0 atom stereocenters. The van der Waals surface area contributed by atoms with Crippen molar-refractivity contribution in [3.63, 3.8) is 0 Å². The standard InChI is InChI=1S/C22H23NO2.C21H20FNO.C20H18FN3O.C19H17BrFN.C18H18FN3.C18H19N/c1-5-10-23-19-9-8-15-13(2)6-7-16(15)22(19)18-11-17(14(3)24)21(25-4)12-20(18)23;1-13-4-6-17-16(13)7-9-20-21(17)18-12-15(14(2)24)5-8-19(18)23(20)11-3-10-22;1-12-13-6-7-17-18(14(13)8-10-23-12)19-15(20(22)25)4-2-5-16(19)24(17)11-3-9-21;1-12-3-5-15-14(12)6-8-18-19(15)16-11-13(20)4-7-17(16)22(18)10-2-9-21;1-12-13-6-7-15-17(14(13)11-21(12)2)18-16(5-3-9-20-18)22(15)10-4-8-19;1-2-12-19-16-9-4-3-7-15(16)18-14-8-5-6-13(14)10-11-17(18)19/h8-9,11-12H,2,5-7,10H2,1,3-4H3;5,7-9,12H,1,3-4,6,10-11H2,2H3;2,4-8,10,23H,1,3,9,11H2,(H2,22,25);4,6-8,11H,1-3,5,9-10H2;3,5-7,9H,1,4,8,10-11H2,2H3;3-4,7,9-11H,2,5-6,8,12H2,1H3. The molecule has 0 spiro atoms. The number of ether oxygens (including phenoxy) is 1. The van der Waals surface area contributed by atoms with Crippen molar-refractivity contribution >= 4 is 199 Å². The lowest BCUT2D eigenvalue weighted by Gasteiger charge is -2.16. The number of benzene rings is 11. The average Bonchev–Trinajstić information content (AvgIpc) is 1.52. The highest BCUT2D eigenvalue weighted by molar-refractivity contribution is 9.10. The number of alkyl halides is 4. The second kappa shape index (κ2) is 38.8. The van der Waals surface area contributed by atoms with Crippen LogP contribution in [0.3, 0.4) is 0 Å². The Morgan fingerprint density at radius 3 is 1.46 bits per heavy atom. The van der Waals surface area contributed by atoms with E-state index in [-0.39, 0.29) is 38.3 Å². The van der Waals surface area contributed by atoms with Crippen molar-refractivity contribution in [2.75, 3.05) is 40.9 Å². The first kappa shape index (κ1) is 92.3. The lowest BCUT2D eigenvalue weighted by Crippen LogP contribution is -2.11. The van der Waals surface area contributed by atoms with Gasteiger partial charge in [0.05, 0.1) is 61.4 Å². The topological polar surface area (TPSA) is 144 Å². The van der Waals surface area contributed by atoms with Crippen molar-refractivity contribution in [3.8, 4) is 5.75 Å². The third-order valence-electron chi connectivity index (χ3n) is 28.9. The summed E-state index contributed by atoms with van der Waals surface area (Å²) in [5.41, 5.74) is 43.5. The van der Waals surface area contributed by atoms with Crippen LogP contribution < -0.4 is 15.8 Å². The molecule has 0 unspecified atom stereocenters. The fourth-order valence-corrected chi connectivity index (χ4v) is 23.0. The number of ketones is 2. The van der Waals surface area contributed by atoms with Gasteiger partial charge >= 0.3 is 0 Å². The minimum atomic E-state index is -0.468. The second-order valence-electron chi connectivity index (χ2n) is 37.0. The number of amides is 1. The fourth-order valence-electron chi connectivity index (χ4n) is 22.7. The number of carbonyl (C=O) groups excluding carboxylic acids is 3. The Hall–Kier alpha value is -13.8. The number of pyridine rings is 1. The molecule has 137 heavy (non-hydrogen) atoms. The van der Waals surface area contributed by atoms with E-state index in [1.54, 1.807) is 38.2 Å². The largest absolute Gasteiger partial charge is 0.496 e. The summed E-state index contributed by atoms with van der Waals surface area (Å²) in [6.07, 6.45) is 19.8. The van der Waals surface area contributed by atoms with Crippen LogP contribution in [-0.2, 0) is 77.9 Å². The Labute approximate surface area is 803 Å². The van der Waals surface area contributed by atoms with Crippen LogP contribution in [-0.4, -0.2) is 95.6 Å². The summed E-state index contributed by atoms with van der Waals surface area (Å²) >= 11 is 3.59. The zero-order valence-corrected chi connectivity index (χ0v) is 80.7. The van der Waals surface area contributed by atoms with E-state index < -0.39 is 5.91 Å². The molecule has 2 aliphatic heterocycles. The zero-order chi connectivity index (χ0) is 95.5. The molecule has 0 saturated carbocycles. The third kappa shape index (κ3) is 16.3. The molecule has 7 aromatic heterocycles. The number of aryl methyl sites for hydroxylation is 11. The SMILES string of the molecule is C=C1CCc2c1ccc1c2c2cc(Br)ccc2n1CCCF.C=C1CCc2c1ccc1c2c2cc(C(C)=O)c(OC)cc2n1CCC.C=C1CCc2c1ccc1c2c2cc(C(C)=O)ccc2n1CCCF.C=C1NC=Cc2c1ccc1c2c2c(C(N)=O)cccc2n1CCCF.C=C1c2ccc3c(c2CN1C)c1ncccc1n3CCCF.CCCn1c2ccccc2c2c3c(ccc21)CCC3. The lowest BCUT2D eigenvalue weighted by atomic mass is 9.95. The van der Waals surface area contributed by atoms with Crippen LogP contribution in [0, 0.1) is 0 Å². The number of hydrogen-bond donors (Lipinski definition) is 2. The molecule has 4 aliphatic carbocycles. The number of Topliss-reactive ketones (excluding diaryl/α,β-unsaturated/α-hetero) is 2. The Morgan fingerprint density at radius 1 is 0.431 bits per heavy atom. The lowest BCUT2D eigenvalue weighted by molar-refractivity contribution is 0.0996. The number of allylic oxidation sites excluding steroid dienone is 3. The van der Waals surface area contributed by atoms with Gasteiger partial charge in [0.25, 0.3) is 0 Å². The van der Waals surface area contributed by atoms with Gasteiger partial charge < -0.3 is 48.1 Å². The molecule has 0 fully saturated rings. The monoisotopic (exact) mass is 1890 g/mol. The van der Waals surface area contributed by atoms with Gasteiger partial charge in [-0.15, -0.1) is 0 Å².